The lowest BCUT2D eigenvalue weighted by molar-refractivity contribution is -0.168. The van der Waals surface area contributed by atoms with E-state index in [0.717, 1.165) is 38.5 Å². The number of carbonyl (C=O) groups excluding carboxylic acids is 2. The fraction of sp³-hybridized carbons (Fsp3) is 0.826. The van der Waals surface area contributed by atoms with Crippen molar-refractivity contribution >= 4 is 11.9 Å². The van der Waals surface area contributed by atoms with Crippen LogP contribution in [0.1, 0.15) is 79.6 Å². The predicted molar refractivity (Wildman–Crippen MR) is 107 cm³/mol. The zero-order chi connectivity index (χ0) is 20.0. The minimum absolute atomic E-state index is 0.0149. The number of hydrogen-bond donors (Lipinski definition) is 1. The molecule has 1 N–H and O–H groups in total. The molecule has 3 aliphatic rings. The zero-order valence-electron chi connectivity index (χ0n) is 18.0. The Balaban J connectivity index is 1.91. The molecule has 0 spiro atoms. The second-order valence-corrected chi connectivity index (χ2v) is 10.1. The highest BCUT2D eigenvalue weighted by Crippen LogP contribution is 2.64. The molecule has 0 aromatic rings. The van der Waals surface area contributed by atoms with Crippen LogP contribution in [-0.2, 0) is 14.3 Å². The van der Waals surface area contributed by atoms with Gasteiger partial charge in [-0.3, -0.25) is 9.59 Å². The molecule has 1 amide bonds. The molecule has 0 aliphatic heterocycles. The highest BCUT2D eigenvalue weighted by molar-refractivity contribution is 5.77. The van der Waals surface area contributed by atoms with E-state index in [0.29, 0.717) is 11.8 Å². The number of hydrogen-bond acceptors (Lipinski definition) is 3. The Bertz CT molecular complexity index is 656. The van der Waals surface area contributed by atoms with E-state index in [4.69, 9.17) is 4.74 Å². The molecule has 0 bridgehead atoms. The molecule has 4 nitrogen and oxygen atoms in total. The summed E-state index contributed by atoms with van der Waals surface area (Å²) in [6.45, 7) is 10.6. The summed E-state index contributed by atoms with van der Waals surface area (Å²) in [5.74, 6) is 0.968. The van der Waals surface area contributed by atoms with Gasteiger partial charge in [0.2, 0.25) is 5.91 Å². The van der Waals surface area contributed by atoms with Gasteiger partial charge in [0.1, 0.15) is 0 Å². The van der Waals surface area contributed by atoms with Crippen LogP contribution in [0.15, 0.2) is 11.6 Å². The minimum atomic E-state index is -0.350. The van der Waals surface area contributed by atoms with Crippen molar-refractivity contribution < 1.29 is 14.3 Å². The lowest BCUT2D eigenvalue weighted by Gasteiger charge is -2.59. The number of carbonyl (C=O) groups is 2. The predicted octanol–water partition coefficient (Wildman–Crippen LogP) is 4.63. The Morgan fingerprint density at radius 3 is 2.52 bits per heavy atom. The average molecular weight is 376 g/mol. The molecular weight excluding hydrogens is 338 g/mol. The van der Waals surface area contributed by atoms with Gasteiger partial charge in [0.05, 0.1) is 12.5 Å². The van der Waals surface area contributed by atoms with Crippen molar-refractivity contribution in [3.63, 3.8) is 0 Å². The van der Waals surface area contributed by atoms with Gasteiger partial charge in [0.15, 0.2) is 0 Å². The van der Waals surface area contributed by atoms with E-state index >= 15 is 0 Å². The summed E-state index contributed by atoms with van der Waals surface area (Å²) in [5, 5.41) is 3.11. The van der Waals surface area contributed by atoms with E-state index in [1.54, 1.807) is 12.5 Å². The molecule has 6 atom stereocenters. The molecule has 0 heterocycles. The van der Waals surface area contributed by atoms with Crippen LogP contribution in [-0.4, -0.2) is 25.0 Å². The molecular formula is C23H37NO3. The molecule has 2 fully saturated rings. The van der Waals surface area contributed by atoms with Crippen LogP contribution >= 0.6 is 0 Å². The summed E-state index contributed by atoms with van der Waals surface area (Å²) in [6.07, 6.45) is 10.1. The number of amides is 1. The molecule has 27 heavy (non-hydrogen) atoms. The number of methoxy groups -OCH3 is 1. The van der Waals surface area contributed by atoms with Crippen molar-refractivity contribution in [2.75, 3.05) is 7.11 Å². The smallest absolute Gasteiger partial charge is 0.311 e. The maximum absolute atomic E-state index is 12.7. The largest absolute Gasteiger partial charge is 0.469 e. The van der Waals surface area contributed by atoms with Gasteiger partial charge in [-0.05, 0) is 69.6 Å². The summed E-state index contributed by atoms with van der Waals surface area (Å²) >= 11 is 0. The number of fused-ring (bicyclic) bond motifs is 3. The summed E-state index contributed by atoms with van der Waals surface area (Å²) < 4.78 is 5.23. The molecule has 3 aliphatic carbocycles. The third-order valence-electron chi connectivity index (χ3n) is 8.49. The molecule has 3 rings (SSSR count). The summed E-state index contributed by atoms with van der Waals surface area (Å²) in [4.78, 5) is 24.2. The summed E-state index contributed by atoms with van der Waals surface area (Å²) in [7, 11) is 1.53. The Labute approximate surface area is 164 Å². The van der Waals surface area contributed by atoms with Crippen molar-refractivity contribution in [2.45, 2.75) is 85.6 Å². The molecule has 0 radical (unpaired) electrons. The van der Waals surface area contributed by atoms with Gasteiger partial charge in [0.25, 0.3) is 0 Å². The van der Waals surface area contributed by atoms with Crippen LogP contribution in [0.25, 0.3) is 0 Å². The van der Waals surface area contributed by atoms with Crippen molar-refractivity contribution in [3.8, 4) is 0 Å². The van der Waals surface area contributed by atoms with Crippen LogP contribution in [0.4, 0.5) is 0 Å². The number of ether oxygens (including phenoxy) is 1. The van der Waals surface area contributed by atoms with Gasteiger partial charge in [0, 0.05) is 18.4 Å². The Kier molecular flexibility index (Phi) is 5.24. The van der Waals surface area contributed by atoms with Gasteiger partial charge >= 0.3 is 5.97 Å². The molecule has 152 valence electrons. The molecule has 2 saturated carbocycles. The third-order valence-corrected chi connectivity index (χ3v) is 8.49. The normalized spacial score (nSPS) is 42.2. The van der Waals surface area contributed by atoms with E-state index < -0.39 is 0 Å². The van der Waals surface area contributed by atoms with Gasteiger partial charge in [-0.15, -0.1) is 0 Å². The second kappa shape index (κ2) is 6.93. The van der Waals surface area contributed by atoms with E-state index in [2.05, 4.69) is 39.1 Å². The monoisotopic (exact) mass is 375 g/mol. The number of allylic oxidation sites excluding steroid dienone is 1. The maximum Gasteiger partial charge on any atom is 0.311 e. The SMILES string of the molecule is COC(=O)[C@]1(C)CCC[C@]2(C)[C@@H]3CC[C@](C)([C@H](C)NC(C)=O)C=C3CC[C@H]21. The van der Waals surface area contributed by atoms with Crippen LogP contribution in [0, 0.1) is 28.1 Å². The first-order valence-corrected chi connectivity index (χ1v) is 10.6. The lowest BCUT2D eigenvalue weighted by Crippen LogP contribution is -2.55. The topological polar surface area (TPSA) is 55.4 Å². The van der Waals surface area contributed by atoms with E-state index in [1.807, 2.05) is 0 Å². The highest BCUT2D eigenvalue weighted by Gasteiger charge is 2.59. The van der Waals surface area contributed by atoms with Gasteiger partial charge < -0.3 is 10.1 Å². The summed E-state index contributed by atoms with van der Waals surface area (Å²) in [5.41, 5.74) is 1.40. The number of nitrogens with one attached hydrogen (secondary N) is 1. The first-order chi connectivity index (χ1) is 12.6. The van der Waals surface area contributed by atoms with Crippen molar-refractivity contribution in [1.82, 2.24) is 5.32 Å². The van der Waals surface area contributed by atoms with Gasteiger partial charge in [-0.2, -0.15) is 0 Å². The second-order valence-electron chi connectivity index (χ2n) is 10.1. The third kappa shape index (κ3) is 3.23. The molecule has 4 heteroatoms. The summed E-state index contributed by atoms with van der Waals surface area (Å²) in [6, 6.07) is 0.140. The van der Waals surface area contributed by atoms with Gasteiger partial charge in [-0.1, -0.05) is 31.9 Å². The van der Waals surface area contributed by atoms with Crippen molar-refractivity contribution in [1.29, 1.82) is 0 Å². The van der Waals surface area contributed by atoms with E-state index in [1.165, 1.54) is 13.5 Å². The quantitative estimate of drug-likeness (QED) is 0.578. The lowest BCUT2D eigenvalue weighted by atomic mass is 9.45. The Morgan fingerprint density at radius 2 is 1.89 bits per heavy atom. The Hall–Kier alpha value is -1.32. The van der Waals surface area contributed by atoms with Crippen LogP contribution < -0.4 is 5.32 Å². The fourth-order valence-corrected chi connectivity index (χ4v) is 6.81. The molecule has 0 aromatic heterocycles. The zero-order valence-corrected chi connectivity index (χ0v) is 18.0. The fourth-order valence-electron chi connectivity index (χ4n) is 6.81. The standard InChI is InChI=1S/C23H37NO3/c1-15(24-16(2)25)21(3)13-10-18-17(14-21)8-9-19-22(18,4)11-7-12-23(19,5)20(26)27-6/h14-15,18-19H,7-13H2,1-6H3,(H,24,25)/t15-,18+,19+,21-,22+,23+/m0/s1. The van der Waals surface area contributed by atoms with Crippen molar-refractivity contribution in [2.24, 2.45) is 28.1 Å². The molecule has 0 aromatic carbocycles. The van der Waals surface area contributed by atoms with Crippen LogP contribution in [0.5, 0.6) is 0 Å². The van der Waals surface area contributed by atoms with E-state index in [-0.39, 0.29) is 34.2 Å². The van der Waals surface area contributed by atoms with Crippen LogP contribution in [0.2, 0.25) is 0 Å². The average Bonchev–Trinajstić information content (AvgIpc) is 2.59. The first kappa shape index (κ1) is 20.4. The van der Waals surface area contributed by atoms with Gasteiger partial charge in [-0.25, -0.2) is 0 Å². The maximum atomic E-state index is 12.7. The number of esters is 1. The minimum Gasteiger partial charge on any atom is -0.469 e. The van der Waals surface area contributed by atoms with E-state index in [9.17, 15) is 9.59 Å². The highest BCUT2D eigenvalue weighted by atomic mass is 16.5. The Morgan fingerprint density at radius 1 is 1.19 bits per heavy atom. The number of rotatable bonds is 3. The first-order valence-electron chi connectivity index (χ1n) is 10.6. The van der Waals surface area contributed by atoms with Crippen molar-refractivity contribution in [3.05, 3.63) is 11.6 Å². The molecule has 0 saturated heterocycles. The van der Waals surface area contributed by atoms with Crippen LogP contribution in [0.3, 0.4) is 0 Å². The molecule has 0 unspecified atom stereocenters.